The smallest absolute Gasteiger partial charge is 0.151 e. The van der Waals surface area contributed by atoms with Crippen LogP contribution in [0.2, 0.25) is 0 Å². The van der Waals surface area contributed by atoms with Gasteiger partial charge in [-0.25, -0.2) is 0 Å². The first-order chi connectivity index (χ1) is 10.5. The van der Waals surface area contributed by atoms with Crippen LogP contribution in [-0.2, 0) is 9.53 Å². The maximum atomic E-state index is 10.7. The van der Waals surface area contributed by atoms with Gasteiger partial charge in [0.2, 0.25) is 0 Å². The first-order valence-corrected chi connectivity index (χ1v) is 8.06. The number of hydrogen-bond donors (Lipinski definition) is 0. The number of carbonyl (C=O) groups is 1. The first kappa shape index (κ1) is 16.7. The van der Waals surface area contributed by atoms with Crippen LogP contribution in [0, 0.1) is 11.8 Å². The molecule has 1 aromatic rings. The summed E-state index contributed by atoms with van der Waals surface area (Å²) in [7, 11) is 0. The Hall–Kier alpha value is -1.67. The fourth-order valence-electron chi connectivity index (χ4n) is 2.74. The van der Waals surface area contributed by atoms with E-state index in [4.69, 9.17) is 4.74 Å². The largest absolute Gasteiger partial charge is 0.358 e. The van der Waals surface area contributed by atoms with E-state index in [1.165, 1.54) is 5.56 Å². The molecule has 22 heavy (non-hydrogen) atoms. The Kier molecular flexibility index (Phi) is 5.73. The average molecular weight is 298 g/mol. The van der Waals surface area contributed by atoms with Gasteiger partial charge in [0.15, 0.2) is 6.29 Å². The van der Waals surface area contributed by atoms with E-state index in [1.54, 1.807) is 0 Å². The SMILES string of the molecule is C[C@H](/C=C/c1ccccc1)C/C=C/[C@H](C)C[C@@]1(C)OC1C=O. The standard InChI is InChI=1S/C20H26O2/c1-16(12-13-18-10-5-4-6-11-18)8-7-9-17(2)14-20(3)19(15-21)22-20/h4-7,9-13,15-17,19H,8,14H2,1-3H3/b9-7+,13-12+/t16-,17-,19?,20+/m0/s1. The van der Waals surface area contributed by atoms with Gasteiger partial charge in [0.1, 0.15) is 6.10 Å². The van der Waals surface area contributed by atoms with E-state index in [0.717, 1.165) is 19.1 Å². The lowest BCUT2D eigenvalue weighted by molar-refractivity contribution is -0.108. The van der Waals surface area contributed by atoms with Crippen LogP contribution in [0.15, 0.2) is 48.6 Å². The predicted octanol–water partition coefficient (Wildman–Crippen LogP) is 4.66. The lowest BCUT2D eigenvalue weighted by atomic mass is 9.93. The van der Waals surface area contributed by atoms with E-state index in [-0.39, 0.29) is 11.7 Å². The highest BCUT2D eigenvalue weighted by molar-refractivity contribution is 5.62. The van der Waals surface area contributed by atoms with Gasteiger partial charge in [-0.05, 0) is 37.2 Å². The van der Waals surface area contributed by atoms with Crippen molar-refractivity contribution in [3.8, 4) is 0 Å². The monoisotopic (exact) mass is 298 g/mol. The Bertz CT molecular complexity index is 532. The summed E-state index contributed by atoms with van der Waals surface area (Å²) in [6, 6.07) is 10.4. The maximum Gasteiger partial charge on any atom is 0.151 e. The van der Waals surface area contributed by atoms with Crippen LogP contribution in [0.5, 0.6) is 0 Å². The van der Waals surface area contributed by atoms with Gasteiger partial charge in [-0.3, -0.25) is 0 Å². The second-order valence-electron chi connectivity index (χ2n) is 6.58. The molecule has 0 saturated carbocycles. The van der Waals surface area contributed by atoms with E-state index in [9.17, 15) is 4.79 Å². The molecule has 1 fully saturated rings. The van der Waals surface area contributed by atoms with Crippen molar-refractivity contribution in [3.63, 3.8) is 0 Å². The van der Waals surface area contributed by atoms with Crippen LogP contribution in [0.25, 0.3) is 6.08 Å². The van der Waals surface area contributed by atoms with E-state index >= 15 is 0 Å². The molecule has 1 saturated heterocycles. The minimum atomic E-state index is -0.232. The van der Waals surface area contributed by atoms with Crippen LogP contribution >= 0.6 is 0 Å². The van der Waals surface area contributed by atoms with Gasteiger partial charge < -0.3 is 9.53 Å². The van der Waals surface area contributed by atoms with Gasteiger partial charge in [-0.15, -0.1) is 0 Å². The number of carbonyl (C=O) groups excluding carboxylic acids is 1. The summed E-state index contributed by atoms with van der Waals surface area (Å²) in [5.74, 6) is 0.944. The van der Waals surface area contributed by atoms with Crippen LogP contribution in [0.4, 0.5) is 0 Å². The summed E-state index contributed by atoms with van der Waals surface area (Å²) >= 11 is 0. The molecule has 0 aromatic heterocycles. The molecular formula is C20H26O2. The summed E-state index contributed by atoms with van der Waals surface area (Å²) < 4.78 is 5.43. The Labute approximate surface area is 133 Å². The number of epoxide rings is 1. The molecule has 4 atom stereocenters. The molecule has 2 rings (SSSR count). The van der Waals surface area contributed by atoms with E-state index in [2.05, 4.69) is 62.4 Å². The summed E-state index contributed by atoms with van der Waals surface area (Å²) in [6.07, 6.45) is 11.6. The summed E-state index contributed by atoms with van der Waals surface area (Å²) in [6.45, 7) is 6.42. The van der Waals surface area contributed by atoms with Gasteiger partial charge in [-0.2, -0.15) is 0 Å². The van der Waals surface area contributed by atoms with Crippen molar-refractivity contribution in [1.29, 1.82) is 0 Å². The zero-order valence-corrected chi connectivity index (χ0v) is 13.7. The molecule has 1 unspecified atom stereocenters. The van der Waals surface area contributed by atoms with E-state index in [1.807, 2.05) is 13.0 Å². The Morgan fingerprint density at radius 3 is 2.55 bits per heavy atom. The lowest BCUT2D eigenvalue weighted by Gasteiger charge is -2.10. The number of aldehydes is 1. The minimum Gasteiger partial charge on any atom is -0.358 e. The zero-order valence-electron chi connectivity index (χ0n) is 13.7. The molecule has 0 radical (unpaired) electrons. The molecule has 2 nitrogen and oxygen atoms in total. The van der Waals surface area contributed by atoms with Crippen LogP contribution < -0.4 is 0 Å². The average Bonchev–Trinajstić information content (AvgIpc) is 3.16. The van der Waals surface area contributed by atoms with E-state index in [0.29, 0.717) is 11.8 Å². The van der Waals surface area contributed by atoms with Crippen molar-refractivity contribution in [3.05, 3.63) is 54.1 Å². The van der Waals surface area contributed by atoms with Crippen LogP contribution in [0.1, 0.15) is 39.2 Å². The summed E-state index contributed by atoms with van der Waals surface area (Å²) in [5, 5.41) is 0. The molecule has 0 aliphatic carbocycles. The number of benzene rings is 1. The lowest BCUT2D eigenvalue weighted by Crippen LogP contribution is -2.14. The molecular weight excluding hydrogens is 272 g/mol. The first-order valence-electron chi connectivity index (χ1n) is 8.06. The number of allylic oxidation sites excluding steroid dienone is 3. The summed E-state index contributed by atoms with van der Waals surface area (Å²) in [4.78, 5) is 10.7. The molecule has 1 aromatic carbocycles. The van der Waals surface area contributed by atoms with Gasteiger partial charge >= 0.3 is 0 Å². The molecule has 2 heteroatoms. The Balaban J connectivity index is 1.72. The zero-order chi connectivity index (χ0) is 16.0. The van der Waals surface area contributed by atoms with Gasteiger partial charge in [0.05, 0.1) is 5.60 Å². The molecule has 118 valence electrons. The summed E-state index contributed by atoms with van der Waals surface area (Å²) in [5.41, 5.74) is 1.01. The van der Waals surface area contributed by atoms with Gasteiger partial charge in [-0.1, -0.05) is 68.5 Å². The fraction of sp³-hybridized carbons (Fsp3) is 0.450. The molecule has 0 spiro atoms. The second-order valence-corrected chi connectivity index (χ2v) is 6.58. The van der Waals surface area contributed by atoms with Crippen LogP contribution in [0.3, 0.4) is 0 Å². The minimum absolute atomic E-state index is 0.198. The van der Waals surface area contributed by atoms with Crippen molar-refractivity contribution < 1.29 is 9.53 Å². The Morgan fingerprint density at radius 2 is 1.91 bits per heavy atom. The number of rotatable bonds is 8. The van der Waals surface area contributed by atoms with Gasteiger partial charge in [0, 0.05) is 0 Å². The molecule has 1 heterocycles. The third kappa shape index (κ3) is 4.96. The van der Waals surface area contributed by atoms with Gasteiger partial charge in [0.25, 0.3) is 0 Å². The third-order valence-corrected chi connectivity index (χ3v) is 4.18. The molecule has 1 aliphatic heterocycles. The third-order valence-electron chi connectivity index (χ3n) is 4.18. The van der Waals surface area contributed by atoms with Crippen molar-refractivity contribution in [2.45, 2.75) is 45.3 Å². The number of hydrogen-bond acceptors (Lipinski definition) is 2. The maximum absolute atomic E-state index is 10.7. The highest BCUT2D eigenvalue weighted by Crippen LogP contribution is 2.40. The number of ether oxygens (including phenoxy) is 1. The van der Waals surface area contributed by atoms with Crippen LogP contribution in [-0.4, -0.2) is 18.0 Å². The van der Waals surface area contributed by atoms with Crippen molar-refractivity contribution >= 4 is 12.4 Å². The Morgan fingerprint density at radius 1 is 1.18 bits per heavy atom. The van der Waals surface area contributed by atoms with Crippen molar-refractivity contribution in [2.24, 2.45) is 11.8 Å². The topological polar surface area (TPSA) is 29.6 Å². The second kappa shape index (κ2) is 7.55. The van der Waals surface area contributed by atoms with Crippen molar-refractivity contribution in [1.82, 2.24) is 0 Å². The fourth-order valence-corrected chi connectivity index (χ4v) is 2.74. The predicted molar refractivity (Wildman–Crippen MR) is 91.5 cm³/mol. The highest BCUT2D eigenvalue weighted by atomic mass is 16.6. The van der Waals surface area contributed by atoms with E-state index < -0.39 is 0 Å². The quantitative estimate of drug-likeness (QED) is 0.397. The molecule has 1 aliphatic rings. The molecule has 0 bridgehead atoms. The molecule has 0 amide bonds. The highest BCUT2D eigenvalue weighted by Gasteiger charge is 2.52. The normalized spacial score (nSPS) is 27.1. The van der Waals surface area contributed by atoms with Crippen molar-refractivity contribution in [2.75, 3.05) is 0 Å². The molecule has 0 N–H and O–H groups in total.